The van der Waals surface area contributed by atoms with Crippen LogP contribution in [0.1, 0.15) is 42.0 Å². The van der Waals surface area contributed by atoms with Crippen LogP contribution in [0.4, 0.5) is 0 Å². The number of aromatic nitrogens is 2. The average Bonchev–Trinajstić information content (AvgIpc) is 3.10. The lowest BCUT2D eigenvalue weighted by Gasteiger charge is -2.06. The Balaban J connectivity index is 2.17. The molecule has 3 rings (SSSR count). The van der Waals surface area contributed by atoms with Gasteiger partial charge in [-0.3, -0.25) is 0 Å². The maximum Gasteiger partial charge on any atom is 0.374 e. The Morgan fingerprint density at radius 1 is 1.50 bits per heavy atom. The summed E-state index contributed by atoms with van der Waals surface area (Å²) in [5.41, 5.74) is 3.06. The number of esters is 1. The van der Waals surface area contributed by atoms with Gasteiger partial charge in [0.2, 0.25) is 5.82 Å². The maximum atomic E-state index is 11.9. The Morgan fingerprint density at radius 3 is 2.94 bits per heavy atom. The van der Waals surface area contributed by atoms with Crippen LogP contribution >= 0.6 is 0 Å². The predicted octanol–water partition coefficient (Wildman–Crippen LogP) is 2.86. The number of aryl methyl sites for hydroxylation is 1. The first kappa shape index (κ1) is 11.3. The summed E-state index contributed by atoms with van der Waals surface area (Å²) in [7, 11) is 0. The lowest BCUT2D eigenvalue weighted by atomic mass is 10.2. The summed E-state index contributed by atoms with van der Waals surface area (Å²) in [6, 6.07) is 6.52. The van der Waals surface area contributed by atoms with Gasteiger partial charge in [-0.2, -0.15) is 0 Å². The van der Waals surface area contributed by atoms with Gasteiger partial charge in [0.05, 0.1) is 17.6 Å². The highest BCUT2D eigenvalue weighted by molar-refractivity contribution is 5.91. The molecule has 0 bridgehead atoms. The molecule has 1 aliphatic carbocycles. The summed E-state index contributed by atoms with van der Waals surface area (Å²) < 4.78 is 7.12. The van der Waals surface area contributed by atoms with Crippen LogP contribution in [0.2, 0.25) is 0 Å². The van der Waals surface area contributed by atoms with E-state index < -0.39 is 0 Å². The third kappa shape index (κ3) is 1.78. The van der Waals surface area contributed by atoms with E-state index in [1.165, 1.54) is 0 Å². The standard InChI is InChI=1S/C14H16N2O2/c1-3-18-14(17)13-15-11-8-9(2)4-7-12(11)16(13)10-5-6-10/h4,7-8,10H,3,5-6H2,1-2H3. The third-order valence-electron chi connectivity index (χ3n) is 3.22. The smallest absolute Gasteiger partial charge is 0.374 e. The number of hydrogen-bond acceptors (Lipinski definition) is 3. The lowest BCUT2D eigenvalue weighted by molar-refractivity contribution is 0.0507. The fourth-order valence-corrected chi connectivity index (χ4v) is 2.25. The second-order valence-corrected chi connectivity index (χ2v) is 4.75. The number of fused-ring (bicyclic) bond motifs is 1. The van der Waals surface area contributed by atoms with E-state index >= 15 is 0 Å². The minimum Gasteiger partial charge on any atom is -0.460 e. The molecule has 0 spiro atoms. The fourth-order valence-electron chi connectivity index (χ4n) is 2.25. The van der Waals surface area contributed by atoms with Gasteiger partial charge in [0.15, 0.2) is 0 Å². The second kappa shape index (κ2) is 4.12. The fraction of sp³-hybridized carbons (Fsp3) is 0.429. The van der Waals surface area contributed by atoms with Gasteiger partial charge in [-0.15, -0.1) is 0 Å². The van der Waals surface area contributed by atoms with Gasteiger partial charge in [-0.25, -0.2) is 9.78 Å². The number of benzene rings is 1. The molecule has 0 unspecified atom stereocenters. The Hall–Kier alpha value is -1.84. The molecule has 0 saturated heterocycles. The molecule has 0 radical (unpaired) electrons. The first-order chi connectivity index (χ1) is 8.70. The van der Waals surface area contributed by atoms with Gasteiger partial charge in [0, 0.05) is 6.04 Å². The van der Waals surface area contributed by atoms with Crippen molar-refractivity contribution in [3.63, 3.8) is 0 Å². The van der Waals surface area contributed by atoms with Gasteiger partial charge in [0.1, 0.15) is 0 Å². The summed E-state index contributed by atoms with van der Waals surface area (Å²) in [4.78, 5) is 16.4. The largest absolute Gasteiger partial charge is 0.460 e. The van der Waals surface area contributed by atoms with Crippen LogP contribution < -0.4 is 0 Å². The lowest BCUT2D eigenvalue weighted by Crippen LogP contribution is -2.12. The molecule has 0 N–H and O–H groups in total. The summed E-state index contributed by atoms with van der Waals surface area (Å²) in [6.45, 7) is 4.22. The zero-order valence-corrected chi connectivity index (χ0v) is 10.6. The zero-order valence-electron chi connectivity index (χ0n) is 10.6. The van der Waals surface area contributed by atoms with Gasteiger partial charge in [-0.1, -0.05) is 6.07 Å². The van der Waals surface area contributed by atoms with E-state index in [0.29, 0.717) is 18.5 Å². The monoisotopic (exact) mass is 244 g/mol. The quantitative estimate of drug-likeness (QED) is 0.780. The number of hydrogen-bond donors (Lipinski definition) is 0. The number of rotatable bonds is 3. The van der Waals surface area contributed by atoms with E-state index in [1.54, 1.807) is 0 Å². The highest BCUT2D eigenvalue weighted by Gasteiger charge is 2.31. The first-order valence-electron chi connectivity index (χ1n) is 6.36. The van der Waals surface area contributed by atoms with E-state index in [1.807, 2.05) is 30.5 Å². The van der Waals surface area contributed by atoms with Crippen molar-refractivity contribution in [2.45, 2.75) is 32.7 Å². The summed E-state index contributed by atoms with van der Waals surface area (Å²) >= 11 is 0. The zero-order chi connectivity index (χ0) is 12.7. The molecule has 0 amide bonds. The molecular formula is C14H16N2O2. The molecule has 0 atom stereocenters. The summed E-state index contributed by atoms with van der Waals surface area (Å²) in [6.07, 6.45) is 2.23. The molecule has 4 nitrogen and oxygen atoms in total. The van der Waals surface area contributed by atoms with E-state index in [0.717, 1.165) is 29.4 Å². The highest BCUT2D eigenvalue weighted by Crippen LogP contribution is 2.38. The van der Waals surface area contributed by atoms with Crippen LogP contribution in [-0.4, -0.2) is 22.1 Å². The third-order valence-corrected chi connectivity index (χ3v) is 3.22. The van der Waals surface area contributed by atoms with Crippen LogP contribution in [0.25, 0.3) is 11.0 Å². The first-order valence-corrected chi connectivity index (χ1v) is 6.36. The highest BCUT2D eigenvalue weighted by atomic mass is 16.5. The molecule has 2 aromatic rings. The van der Waals surface area contributed by atoms with E-state index in [4.69, 9.17) is 4.74 Å². The topological polar surface area (TPSA) is 44.1 Å². The van der Waals surface area contributed by atoms with Gasteiger partial charge >= 0.3 is 5.97 Å². The summed E-state index contributed by atoms with van der Waals surface area (Å²) in [5, 5.41) is 0. The molecule has 1 saturated carbocycles. The average molecular weight is 244 g/mol. The van der Waals surface area contributed by atoms with Crippen molar-refractivity contribution in [3.05, 3.63) is 29.6 Å². The Labute approximate surface area is 106 Å². The van der Waals surface area contributed by atoms with Crippen molar-refractivity contribution < 1.29 is 9.53 Å². The maximum absolute atomic E-state index is 11.9. The summed E-state index contributed by atoms with van der Waals surface area (Å²) in [5.74, 6) is 0.123. The molecule has 1 aliphatic rings. The Bertz CT molecular complexity index is 612. The number of nitrogens with zero attached hydrogens (tertiary/aromatic N) is 2. The van der Waals surface area contributed by atoms with Crippen molar-refractivity contribution in [2.75, 3.05) is 6.61 Å². The van der Waals surface area contributed by atoms with E-state index in [2.05, 4.69) is 11.1 Å². The van der Waals surface area contributed by atoms with Gasteiger partial charge in [-0.05, 0) is 44.4 Å². The van der Waals surface area contributed by atoms with E-state index in [9.17, 15) is 4.79 Å². The normalized spacial score (nSPS) is 15.0. The molecule has 4 heteroatoms. The van der Waals surface area contributed by atoms with E-state index in [-0.39, 0.29) is 5.97 Å². The number of carbonyl (C=O) groups is 1. The van der Waals surface area contributed by atoms with Crippen LogP contribution in [0.3, 0.4) is 0 Å². The predicted molar refractivity (Wildman–Crippen MR) is 68.7 cm³/mol. The van der Waals surface area contributed by atoms with Gasteiger partial charge < -0.3 is 9.30 Å². The number of imidazole rings is 1. The Morgan fingerprint density at radius 2 is 2.28 bits per heavy atom. The van der Waals surface area contributed by atoms with Crippen LogP contribution in [0, 0.1) is 6.92 Å². The second-order valence-electron chi connectivity index (χ2n) is 4.75. The molecule has 1 aromatic heterocycles. The molecule has 0 aliphatic heterocycles. The van der Waals surface area contributed by atoms with Crippen molar-refractivity contribution in [3.8, 4) is 0 Å². The van der Waals surface area contributed by atoms with Crippen LogP contribution in [-0.2, 0) is 4.74 Å². The molecule has 18 heavy (non-hydrogen) atoms. The molecular weight excluding hydrogens is 228 g/mol. The molecule has 1 heterocycles. The minimum atomic E-state index is -0.321. The van der Waals surface area contributed by atoms with Crippen molar-refractivity contribution in [2.24, 2.45) is 0 Å². The van der Waals surface area contributed by atoms with Crippen molar-refractivity contribution in [1.82, 2.24) is 9.55 Å². The van der Waals surface area contributed by atoms with Crippen LogP contribution in [0.5, 0.6) is 0 Å². The Kier molecular flexibility index (Phi) is 2.58. The SMILES string of the molecule is CCOC(=O)c1nc2cc(C)ccc2n1C1CC1. The number of ether oxygens (including phenoxy) is 1. The van der Waals surface area contributed by atoms with Crippen LogP contribution in [0.15, 0.2) is 18.2 Å². The van der Waals surface area contributed by atoms with Gasteiger partial charge in [0.25, 0.3) is 0 Å². The molecule has 1 fully saturated rings. The molecule has 94 valence electrons. The minimum absolute atomic E-state index is 0.321. The molecule has 1 aromatic carbocycles. The van der Waals surface area contributed by atoms with Crippen molar-refractivity contribution in [1.29, 1.82) is 0 Å². The van der Waals surface area contributed by atoms with Crippen molar-refractivity contribution >= 4 is 17.0 Å². The number of carbonyl (C=O) groups excluding carboxylic acids is 1.